The number of amides is 2. The molecule has 0 radical (unpaired) electrons. The number of ether oxygens (including phenoxy) is 1. The number of pyridine rings is 1. The predicted molar refractivity (Wildman–Crippen MR) is 130 cm³/mol. The van der Waals surface area contributed by atoms with Crippen LogP contribution in [0.5, 0.6) is 5.75 Å². The van der Waals surface area contributed by atoms with E-state index in [0.717, 1.165) is 17.5 Å². The summed E-state index contributed by atoms with van der Waals surface area (Å²) in [5, 5.41) is 9.70. The average molecular weight is 533 g/mol. The number of aryl methyl sites for hydroxylation is 1. The summed E-state index contributed by atoms with van der Waals surface area (Å²) in [4.78, 5) is 29.9. The molecule has 0 saturated heterocycles. The van der Waals surface area contributed by atoms with Gasteiger partial charge in [-0.25, -0.2) is 4.39 Å². The summed E-state index contributed by atoms with van der Waals surface area (Å²) in [6.07, 6.45) is 5.73. The molecule has 0 saturated carbocycles. The van der Waals surface area contributed by atoms with Gasteiger partial charge in [0, 0.05) is 32.4 Å². The summed E-state index contributed by atoms with van der Waals surface area (Å²) >= 11 is 3.21. The largest absolute Gasteiger partial charge is 0.492 e. The molecule has 2 amide bonds. The van der Waals surface area contributed by atoms with Crippen molar-refractivity contribution in [3.8, 4) is 5.75 Å². The molecule has 9 nitrogen and oxygen atoms in total. The Morgan fingerprint density at radius 2 is 1.97 bits per heavy atom. The van der Waals surface area contributed by atoms with Crippen molar-refractivity contribution in [3.63, 3.8) is 0 Å². The third-order valence-electron chi connectivity index (χ3n) is 4.86. The van der Waals surface area contributed by atoms with Crippen LogP contribution in [0.2, 0.25) is 0 Å². The van der Waals surface area contributed by atoms with Crippen molar-refractivity contribution in [2.45, 2.75) is 19.9 Å². The van der Waals surface area contributed by atoms with E-state index in [-0.39, 0.29) is 37.0 Å². The fraction of sp³-hybridized carbons (Fsp3) is 0.304. The lowest BCUT2D eigenvalue weighted by Crippen LogP contribution is -2.33. The highest BCUT2D eigenvalue weighted by Crippen LogP contribution is 2.23. The minimum absolute atomic E-state index is 0.0355. The lowest BCUT2D eigenvalue weighted by atomic mass is 10.2. The van der Waals surface area contributed by atoms with Crippen LogP contribution in [0.3, 0.4) is 0 Å². The van der Waals surface area contributed by atoms with Gasteiger partial charge in [0.15, 0.2) is 5.82 Å². The van der Waals surface area contributed by atoms with Gasteiger partial charge in [-0.15, -0.1) is 0 Å². The fourth-order valence-electron chi connectivity index (χ4n) is 2.94. The van der Waals surface area contributed by atoms with Gasteiger partial charge >= 0.3 is 0 Å². The molecular weight excluding hydrogens is 507 g/mol. The highest BCUT2D eigenvalue weighted by atomic mass is 79.9. The molecule has 1 aromatic carbocycles. The molecule has 2 aromatic heterocycles. The number of nitrogens with one attached hydrogen (secondary N) is 2. The van der Waals surface area contributed by atoms with Gasteiger partial charge in [0.2, 0.25) is 11.8 Å². The third kappa shape index (κ3) is 7.55. The van der Waals surface area contributed by atoms with Crippen molar-refractivity contribution in [3.05, 3.63) is 64.9 Å². The highest BCUT2D eigenvalue weighted by Gasteiger charge is 2.12. The van der Waals surface area contributed by atoms with Crippen molar-refractivity contribution in [1.29, 1.82) is 0 Å². The van der Waals surface area contributed by atoms with E-state index >= 15 is 0 Å². The van der Waals surface area contributed by atoms with E-state index < -0.39 is 5.82 Å². The number of aromatic nitrogens is 3. The maximum absolute atomic E-state index is 13.7. The van der Waals surface area contributed by atoms with E-state index in [0.29, 0.717) is 23.3 Å². The van der Waals surface area contributed by atoms with Gasteiger partial charge in [-0.2, -0.15) is 5.10 Å². The lowest BCUT2D eigenvalue weighted by Gasteiger charge is -2.17. The molecule has 0 fully saturated rings. The minimum atomic E-state index is -0.507. The standard InChI is InChI=1S/C23H26BrFN6O3/c1-16-3-5-18(6-4-16)34-10-9-30(2)22(33)15-31-14-17(11-28-31)29-21(32)7-8-27-23-19(24)12-26-13-20(23)25/h3-6,11-14H,7-10,15H2,1-2H3,(H,26,27)(H,29,32). The molecule has 3 rings (SSSR count). The predicted octanol–water partition coefficient (Wildman–Crippen LogP) is 3.47. The van der Waals surface area contributed by atoms with E-state index in [9.17, 15) is 14.0 Å². The molecule has 3 aromatic rings. The number of carbonyl (C=O) groups is 2. The highest BCUT2D eigenvalue weighted by molar-refractivity contribution is 9.10. The molecule has 0 aliphatic rings. The molecule has 0 bridgehead atoms. The van der Waals surface area contributed by atoms with E-state index in [1.807, 2.05) is 31.2 Å². The van der Waals surface area contributed by atoms with E-state index in [1.165, 1.54) is 17.1 Å². The van der Waals surface area contributed by atoms with Crippen LogP contribution in [0.15, 0.2) is 53.5 Å². The first kappa shape index (κ1) is 25.2. The van der Waals surface area contributed by atoms with Crippen LogP contribution in [-0.2, 0) is 16.1 Å². The van der Waals surface area contributed by atoms with Crippen molar-refractivity contribution < 1.29 is 18.7 Å². The second kappa shape index (κ2) is 12.1. The second-order valence-electron chi connectivity index (χ2n) is 7.61. The second-order valence-corrected chi connectivity index (χ2v) is 8.46. The van der Waals surface area contributed by atoms with Crippen LogP contribution >= 0.6 is 15.9 Å². The Morgan fingerprint density at radius 1 is 1.21 bits per heavy atom. The SMILES string of the molecule is Cc1ccc(OCCN(C)C(=O)Cn2cc(NC(=O)CCNc3c(F)cncc3Br)cn2)cc1. The molecule has 34 heavy (non-hydrogen) atoms. The van der Waals surface area contributed by atoms with Crippen LogP contribution in [0.1, 0.15) is 12.0 Å². The first-order chi connectivity index (χ1) is 16.3. The molecule has 2 heterocycles. The maximum Gasteiger partial charge on any atom is 0.244 e. The summed E-state index contributed by atoms with van der Waals surface area (Å²) in [7, 11) is 1.70. The average Bonchev–Trinajstić information content (AvgIpc) is 3.23. The number of anilines is 2. The molecule has 180 valence electrons. The van der Waals surface area contributed by atoms with Crippen LogP contribution in [0.25, 0.3) is 0 Å². The number of nitrogens with zero attached hydrogens (tertiary/aromatic N) is 4. The number of rotatable bonds is 11. The van der Waals surface area contributed by atoms with Crippen LogP contribution in [0.4, 0.5) is 15.8 Å². The molecule has 0 aliphatic heterocycles. The normalized spacial score (nSPS) is 10.6. The van der Waals surface area contributed by atoms with Gasteiger partial charge in [-0.05, 0) is 35.0 Å². The van der Waals surface area contributed by atoms with Gasteiger partial charge in [0.1, 0.15) is 18.9 Å². The molecule has 2 N–H and O–H groups in total. The summed E-state index contributed by atoms with van der Waals surface area (Å²) in [6.45, 7) is 3.07. The first-order valence-corrected chi connectivity index (χ1v) is 11.4. The number of carbonyl (C=O) groups excluding carboxylic acids is 2. The molecule has 0 spiro atoms. The monoisotopic (exact) mass is 532 g/mol. The number of likely N-dealkylation sites (N-methyl/N-ethyl adjacent to an activating group) is 1. The number of hydrogen-bond acceptors (Lipinski definition) is 6. The van der Waals surface area contributed by atoms with Crippen molar-refractivity contribution in [2.75, 3.05) is 37.4 Å². The number of halogens is 2. The van der Waals surface area contributed by atoms with Gasteiger partial charge in [-0.1, -0.05) is 17.7 Å². The zero-order valence-electron chi connectivity index (χ0n) is 18.9. The Balaban J connectivity index is 1.38. The molecule has 0 atom stereocenters. The number of hydrogen-bond donors (Lipinski definition) is 2. The summed E-state index contributed by atoms with van der Waals surface area (Å²) < 4.78 is 21.3. The first-order valence-electron chi connectivity index (χ1n) is 10.6. The Morgan fingerprint density at radius 3 is 2.71 bits per heavy atom. The van der Waals surface area contributed by atoms with E-state index in [2.05, 4.69) is 36.6 Å². The van der Waals surface area contributed by atoms with Crippen LogP contribution in [-0.4, -0.2) is 58.2 Å². The van der Waals surface area contributed by atoms with Crippen LogP contribution < -0.4 is 15.4 Å². The third-order valence-corrected chi connectivity index (χ3v) is 5.46. The Bertz CT molecular complexity index is 1100. The maximum atomic E-state index is 13.7. The summed E-state index contributed by atoms with van der Waals surface area (Å²) in [6, 6.07) is 7.72. The number of benzene rings is 1. The Hall–Kier alpha value is -3.47. The lowest BCUT2D eigenvalue weighted by molar-refractivity contribution is -0.131. The Kier molecular flexibility index (Phi) is 8.97. The molecule has 11 heteroatoms. The fourth-order valence-corrected chi connectivity index (χ4v) is 3.39. The van der Waals surface area contributed by atoms with Gasteiger partial charge in [0.25, 0.3) is 0 Å². The zero-order chi connectivity index (χ0) is 24.5. The Labute approximate surface area is 205 Å². The molecule has 0 aliphatic carbocycles. The van der Waals surface area contributed by atoms with Crippen molar-refractivity contribution in [2.24, 2.45) is 0 Å². The van der Waals surface area contributed by atoms with Crippen molar-refractivity contribution >= 4 is 39.1 Å². The van der Waals surface area contributed by atoms with Crippen LogP contribution in [0, 0.1) is 12.7 Å². The quantitative estimate of drug-likeness (QED) is 0.392. The smallest absolute Gasteiger partial charge is 0.244 e. The molecular formula is C23H26BrFN6O3. The van der Waals surface area contributed by atoms with E-state index in [4.69, 9.17) is 4.74 Å². The van der Waals surface area contributed by atoms with Gasteiger partial charge < -0.3 is 20.3 Å². The van der Waals surface area contributed by atoms with Gasteiger partial charge in [-0.3, -0.25) is 19.3 Å². The van der Waals surface area contributed by atoms with E-state index in [1.54, 1.807) is 18.1 Å². The zero-order valence-corrected chi connectivity index (χ0v) is 20.5. The summed E-state index contributed by atoms with van der Waals surface area (Å²) in [5.41, 5.74) is 1.88. The summed E-state index contributed by atoms with van der Waals surface area (Å²) in [5.74, 6) is -0.156. The topological polar surface area (TPSA) is 101 Å². The molecule has 0 unspecified atom stereocenters. The van der Waals surface area contributed by atoms with Crippen molar-refractivity contribution in [1.82, 2.24) is 19.7 Å². The van der Waals surface area contributed by atoms with Gasteiger partial charge in [0.05, 0.1) is 34.8 Å². The minimum Gasteiger partial charge on any atom is -0.492 e.